The van der Waals surface area contributed by atoms with Gasteiger partial charge in [-0.1, -0.05) is 45.0 Å². The number of phenols is 1. The Morgan fingerprint density at radius 3 is 2.34 bits per heavy atom. The minimum absolute atomic E-state index is 0.116. The van der Waals surface area contributed by atoms with E-state index in [1.807, 2.05) is 26.8 Å². The minimum Gasteiger partial charge on any atom is -0.508 e. The second-order valence-corrected chi connectivity index (χ2v) is 12.5. The quantitative estimate of drug-likeness (QED) is 0.338. The van der Waals surface area contributed by atoms with Gasteiger partial charge in [-0.3, -0.25) is 19.2 Å². The van der Waals surface area contributed by atoms with Crippen molar-refractivity contribution >= 4 is 23.6 Å². The Morgan fingerprint density at radius 1 is 1.00 bits per heavy atom. The Morgan fingerprint density at radius 2 is 1.66 bits per heavy atom. The molecule has 3 rings (SSSR count). The van der Waals surface area contributed by atoms with Gasteiger partial charge in [0, 0.05) is 33.0 Å². The predicted molar refractivity (Wildman–Crippen MR) is 166 cm³/mol. The van der Waals surface area contributed by atoms with E-state index in [1.165, 1.54) is 24.1 Å². The summed E-state index contributed by atoms with van der Waals surface area (Å²) < 4.78 is 13.3. The van der Waals surface area contributed by atoms with Crippen LogP contribution in [0.25, 0.3) is 0 Å². The van der Waals surface area contributed by atoms with E-state index >= 15 is 0 Å². The summed E-state index contributed by atoms with van der Waals surface area (Å²) in [6, 6.07) is 7.97. The molecule has 0 aromatic heterocycles. The number of nitrogens with one attached hydrogen (secondary N) is 3. The van der Waals surface area contributed by atoms with Gasteiger partial charge < -0.3 is 31.7 Å². The van der Waals surface area contributed by atoms with E-state index in [9.17, 15) is 28.7 Å². The molecule has 1 heterocycles. The lowest BCUT2D eigenvalue weighted by Gasteiger charge is -2.31. The molecule has 44 heavy (non-hydrogen) atoms. The van der Waals surface area contributed by atoms with Crippen LogP contribution < -0.4 is 21.7 Å². The molecule has 0 aliphatic carbocycles. The highest BCUT2D eigenvalue weighted by molar-refractivity contribution is 5.93. The average Bonchev–Trinajstić information content (AvgIpc) is 2.97. The first-order valence-electron chi connectivity index (χ1n) is 15.2. The van der Waals surface area contributed by atoms with E-state index < -0.39 is 41.7 Å². The highest BCUT2D eigenvalue weighted by Gasteiger charge is 2.32. The maximum Gasteiger partial charge on any atom is 0.243 e. The molecule has 0 spiro atoms. The number of halogens is 1. The van der Waals surface area contributed by atoms with E-state index in [4.69, 9.17) is 5.73 Å². The summed E-state index contributed by atoms with van der Waals surface area (Å²) in [5, 5.41) is 19.0. The van der Waals surface area contributed by atoms with Crippen LogP contribution in [0.4, 0.5) is 4.39 Å². The molecule has 3 atom stereocenters. The number of nitrogens with zero attached hydrogens (tertiary/aromatic N) is 1. The maximum absolute atomic E-state index is 13.8. The Bertz CT molecular complexity index is 1310. The Balaban J connectivity index is 1.86. The Labute approximate surface area is 259 Å². The number of benzene rings is 2. The number of hydrogen-bond acceptors (Lipinski definition) is 6. The van der Waals surface area contributed by atoms with Crippen LogP contribution in [0.3, 0.4) is 0 Å². The molecule has 2 aromatic carbocycles. The molecule has 1 aliphatic rings. The molecule has 4 amide bonds. The summed E-state index contributed by atoms with van der Waals surface area (Å²) >= 11 is 0. The molecule has 0 radical (unpaired) electrons. The number of nitrogens with two attached hydrogens (primary N) is 1. The average molecular weight is 612 g/mol. The molecule has 1 aliphatic heterocycles. The third kappa shape index (κ3) is 10.0. The topological polar surface area (TPSA) is 154 Å². The first-order valence-corrected chi connectivity index (χ1v) is 15.2. The number of carbonyl (C=O) groups excluding carboxylic acids is 4. The second kappa shape index (κ2) is 15.7. The highest BCUT2D eigenvalue weighted by atomic mass is 19.1. The molecule has 2 aromatic rings. The van der Waals surface area contributed by atoms with Gasteiger partial charge in [0.1, 0.15) is 23.7 Å². The summed E-state index contributed by atoms with van der Waals surface area (Å²) in [6.07, 6.45) is 2.43. The molecule has 240 valence electrons. The van der Waals surface area contributed by atoms with Crippen LogP contribution in [0.5, 0.6) is 5.75 Å². The zero-order valence-corrected chi connectivity index (χ0v) is 26.1. The van der Waals surface area contributed by atoms with Crippen molar-refractivity contribution < 1.29 is 28.7 Å². The molecule has 10 nitrogen and oxygen atoms in total. The number of likely N-dealkylation sites (N-methyl/N-ethyl adjacent to an activating group) is 1. The molecule has 6 N–H and O–H groups in total. The van der Waals surface area contributed by atoms with E-state index in [-0.39, 0.29) is 49.3 Å². The smallest absolute Gasteiger partial charge is 0.243 e. The minimum atomic E-state index is -0.974. The van der Waals surface area contributed by atoms with Crippen LogP contribution in [0.2, 0.25) is 0 Å². The van der Waals surface area contributed by atoms with Crippen molar-refractivity contribution in [1.29, 1.82) is 0 Å². The third-order valence-electron chi connectivity index (χ3n) is 7.85. The standard InChI is InChI=1S/C33H46FN5O5/c1-33(2,3)24-18-22(12-15-28(24)40)20-26-30(42)37-17-7-9-29(41)36-16-6-5-8-27(31(43)38-26)39(4)32(44)25(35)19-21-10-13-23(34)14-11-21/h10-15,18,25-27,40H,5-9,16-17,19-20,35H2,1-4H3,(H,36,41)(H,37,42)(H,38,43)/t25-,26?,27?/m0/s1. The van der Waals surface area contributed by atoms with Crippen molar-refractivity contribution in [2.24, 2.45) is 5.73 Å². The molecule has 0 saturated carbocycles. The predicted octanol–water partition coefficient (Wildman–Crippen LogP) is 2.45. The van der Waals surface area contributed by atoms with Crippen molar-refractivity contribution in [1.82, 2.24) is 20.9 Å². The van der Waals surface area contributed by atoms with E-state index in [0.717, 1.165) is 5.56 Å². The number of rotatable bonds is 6. The Hall–Kier alpha value is -3.99. The number of carbonyl (C=O) groups is 4. The van der Waals surface area contributed by atoms with E-state index in [1.54, 1.807) is 24.3 Å². The lowest BCUT2D eigenvalue weighted by molar-refractivity contribution is -0.141. The van der Waals surface area contributed by atoms with Gasteiger partial charge >= 0.3 is 0 Å². The molecule has 11 heteroatoms. The van der Waals surface area contributed by atoms with Gasteiger partial charge in [0.05, 0.1) is 6.04 Å². The molecule has 1 saturated heterocycles. The van der Waals surface area contributed by atoms with Crippen molar-refractivity contribution in [3.63, 3.8) is 0 Å². The summed E-state index contributed by atoms with van der Waals surface area (Å²) in [4.78, 5) is 54.1. The lowest BCUT2D eigenvalue weighted by atomic mass is 9.84. The fourth-order valence-corrected chi connectivity index (χ4v) is 5.26. The van der Waals surface area contributed by atoms with Gasteiger partial charge in [0.25, 0.3) is 0 Å². The molecular formula is C33H46FN5O5. The molecular weight excluding hydrogens is 565 g/mol. The van der Waals surface area contributed by atoms with Gasteiger partial charge in [-0.25, -0.2) is 4.39 Å². The van der Waals surface area contributed by atoms with Gasteiger partial charge in [0.15, 0.2) is 0 Å². The molecule has 2 unspecified atom stereocenters. The van der Waals surface area contributed by atoms with Crippen molar-refractivity contribution in [2.45, 2.75) is 89.3 Å². The lowest BCUT2D eigenvalue weighted by Crippen LogP contribution is -2.57. The Kier molecular flexibility index (Phi) is 12.3. The summed E-state index contributed by atoms with van der Waals surface area (Å²) in [6.45, 7) is 6.60. The number of aromatic hydroxyl groups is 1. The SMILES string of the molecule is CN(C(=O)[C@@H](N)Cc1ccc(F)cc1)C1CCCCNC(=O)CCCNC(=O)C(Cc2ccc(O)c(C(C)(C)C)c2)NC1=O. The van der Waals surface area contributed by atoms with Crippen LogP contribution >= 0.6 is 0 Å². The molecule has 0 bridgehead atoms. The zero-order chi connectivity index (χ0) is 32.4. The zero-order valence-electron chi connectivity index (χ0n) is 26.1. The van der Waals surface area contributed by atoms with Crippen molar-refractivity contribution in [3.05, 3.63) is 65.0 Å². The molecule has 1 fully saturated rings. The normalized spacial score (nSPS) is 19.9. The maximum atomic E-state index is 13.8. The van der Waals surface area contributed by atoms with Crippen molar-refractivity contribution in [2.75, 3.05) is 20.1 Å². The van der Waals surface area contributed by atoms with Crippen LogP contribution in [0, 0.1) is 5.82 Å². The van der Waals surface area contributed by atoms with E-state index in [2.05, 4.69) is 16.0 Å². The van der Waals surface area contributed by atoms with Gasteiger partial charge in [-0.2, -0.15) is 0 Å². The first-order chi connectivity index (χ1) is 20.8. The van der Waals surface area contributed by atoms with Crippen LogP contribution in [-0.4, -0.2) is 71.9 Å². The highest BCUT2D eigenvalue weighted by Crippen LogP contribution is 2.31. The van der Waals surface area contributed by atoms with Crippen molar-refractivity contribution in [3.8, 4) is 5.75 Å². The summed E-state index contributed by atoms with van der Waals surface area (Å²) in [7, 11) is 1.51. The summed E-state index contributed by atoms with van der Waals surface area (Å²) in [5.41, 5.74) is 8.03. The number of phenolic OH excluding ortho intramolecular Hbond substituents is 1. The third-order valence-corrected chi connectivity index (χ3v) is 7.85. The first kappa shape index (κ1) is 34.5. The monoisotopic (exact) mass is 611 g/mol. The van der Waals surface area contributed by atoms with Crippen LogP contribution in [0.15, 0.2) is 42.5 Å². The summed E-state index contributed by atoms with van der Waals surface area (Å²) in [5.74, 6) is -1.74. The number of amides is 4. The fourth-order valence-electron chi connectivity index (χ4n) is 5.26. The van der Waals surface area contributed by atoms with Crippen LogP contribution in [0.1, 0.15) is 69.6 Å². The van der Waals surface area contributed by atoms with Gasteiger partial charge in [-0.15, -0.1) is 0 Å². The fraction of sp³-hybridized carbons (Fsp3) is 0.515. The second-order valence-electron chi connectivity index (χ2n) is 12.5. The van der Waals surface area contributed by atoms with E-state index in [0.29, 0.717) is 36.9 Å². The van der Waals surface area contributed by atoms with Gasteiger partial charge in [0.2, 0.25) is 23.6 Å². The van der Waals surface area contributed by atoms with Crippen LogP contribution in [-0.2, 0) is 37.4 Å². The van der Waals surface area contributed by atoms with Gasteiger partial charge in [-0.05, 0) is 72.4 Å². The number of hydrogen-bond donors (Lipinski definition) is 5. The largest absolute Gasteiger partial charge is 0.508 e.